The van der Waals surface area contributed by atoms with Crippen LogP contribution in [0.1, 0.15) is 11.7 Å². The van der Waals surface area contributed by atoms with Crippen LogP contribution in [0, 0.1) is 5.92 Å². The molecule has 1 rings (SSSR count). The average Bonchev–Trinajstić information content (AvgIpc) is 2.29. The number of halogens is 1. The molecule has 0 aliphatic heterocycles. The van der Waals surface area contributed by atoms with Gasteiger partial charge in [-0.25, -0.2) is 0 Å². The van der Waals surface area contributed by atoms with Crippen molar-refractivity contribution in [3.05, 3.63) is 34.3 Å². The molecule has 0 radical (unpaired) electrons. The van der Waals surface area contributed by atoms with Crippen molar-refractivity contribution in [3.63, 3.8) is 0 Å². The van der Waals surface area contributed by atoms with Crippen molar-refractivity contribution in [2.75, 3.05) is 13.7 Å². The first-order chi connectivity index (χ1) is 7.60. The van der Waals surface area contributed by atoms with Crippen LogP contribution < -0.4 is 0 Å². The molecule has 1 aromatic carbocycles. The van der Waals surface area contributed by atoms with E-state index in [9.17, 15) is 9.90 Å². The van der Waals surface area contributed by atoms with Crippen molar-refractivity contribution in [1.82, 2.24) is 0 Å². The minimum Gasteiger partial charge on any atom is -0.469 e. The lowest BCUT2D eigenvalue weighted by atomic mass is 9.96. The van der Waals surface area contributed by atoms with Crippen molar-refractivity contribution in [1.29, 1.82) is 0 Å². The molecule has 2 unspecified atom stereocenters. The topological polar surface area (TPSA) is 66.8 Å². The van der Waals surface area contributed by atoms with Gasteiger partial charge in [0.2, 0.25) is 0 Å². The Hall–Kier alpha value is -0.910. The standard InChI is InChI=1S/C11H13BrO4/c1-16-11(15)9(6-13)10(14)7-3-2-4-8(12)5-7/h2-5,9-10,13-14H,6H2,1H3. The third kappa shape index (κ3) is 3.04. The van der Waals surface area contributed by atoms with Crippen molar-refractivity contribution in [2.24, 2.45) is 5.92 Å². The summed E-state index contributed by atoms with van der Waals surface area (Å²) in [4.78, 5) is 11.3. The van der Waals surface area contributed by atoms with Gasteiger partial charge in [-0.1, -0.05) is 28.1 Å². The average molecular weight is 289 g/mol. The Kier molecular flexibility index (Phi) is 4.92. The first-order valence-electron chi connectivity index (χ1n) is 4.72. The lowest BCUT2D eigenvalue weighted by molar-refractivity contribution is -0.151. The van der Waals surface area contributed by atoms with Crippen molar-refractivity contribution < 1.29 is 19.7 Å². The van der Waals surface area contributed by atoms with Crippen LogP contribution in [0.4, 0.5) is 0 Å². The maximum atomic E-state index is 11.3. The number of aliphatic hydroxyl groups is 2. The summed E-state index contributed by atoms with van der Waals surface area (Å²) >= 11 is 3.27. The molecule has 16 heavy (non-hydrogen) atoms. The van der Waals surface area contributed by atoms with E-state index in [1.807, 2.05) is 6.07 Å². The number of esters is 1. The lowest BCUT2D eigenvalue weighted by Crippen LogP contribution is -2.26. The van der Waals surface area contributed by atoms with Gasteiger partial charge in [-0.15, -0.1) is 0 Å². The zero-order chi connectivity index (χ0) is 12.1. The van der Waals surface area contributed by atoms with Crippen LogP contribution >= 0.6 is 15.9 Å². The summed E-state index contributed by atoms with van der Waals surface area (Å²) in [7, 11) is 1.22. The van der Waals surface area contributed by atoms with Gasteiger partial charge in [0.05, 0.1) is 19.8 Å². The predicted octanol–water partition coefficient (Wildman–Crippen LogP) is 1.26. The van der Waals surface area contributed by atoms with Gasteiger partial charge < -0.3 is 14.9 Å². The van der Waals surface area contributed by atoms with Crippen LogP contribution in [-0.2, 0) is 9.53 Å². The molecule has 0 fully saturated rings. The summed E-state index contributed by atoms with van der Waals surface area (Å²) in [5.74, 6) is -1.59. The highest BCUT2D eigenvalue weighted by Gasteiger charge is 2.28. The molecular formula is C11H13BrO4. The van der Waals surface area contributed by atoms with Crippen molar-refractivity contribution in [2.45, 2.75) is 6.10 Å². The molecule has 5 heteroatoms. The zero-order valence-corrected chi connectivity index (χ0v) is 10.3. The van der Waals surface area contributed by atoms with E-state index in [2.05, 4.69) is 20.7 Å². The summed E-state index contributed by atoms with van der Waals surface area (Å²) in [5, 5.41) is 19.0. The maximum absolute atomic E-state index is 11.3. The Morgan fingerprint density at radius 1 is 1.56 bits per heavy atom. The van der Waals surface area contributed by atoms with E-state index in [0.29, 0.717) is 5.56 Å². The molecule has 1 aromatic rings. The number of carbonyl (C=O) groups is 1. The fourth-order valence-corrected chi connectivity index (χ4v) is 1.79. The maximum Gasteiger partial charge on any atom is 0.314 e. The highest BCUT2D eigenvalue weighted by molar-refractivity contribution is 9.10. The number of hydrogen-bond donors (Lipinski definition) is 2. The number of ether oxygens (including phenoxy) is 1. The molecular weight excluding hydrogens is 276 g/mol. The molecule has 0 amide bonds. The Morgan fingerprint density at radius 2 is 2.25 bits per heavy atom. The molecule has 2 N–H and O–H groups in total. The molecule has 0 aliphatic carbocycles. The lowest BCUT2D eigenvalue weighted by Gasteiger charge is -2.19. The second-order valence-electron chi connectivity index (χ2n) is 3.31. The van der Waals surface area contributed by atoms with Gasteiger partial charge in [0, 0.05) is 4.47 Å². The second kappa shape index (κ2) is 5.98. The molecule has 0 bridgehead atoms. The highest BCUT2D eigenvalue weighted by Crippen LogP contribution is 2.25. The summed E-state index contributed by atoms with van der Waals surface area (Å²) in [6.07, 6.45) is -1.07. The third-order valence-electron chi connectivity index (χ3n) is 2.27. The molecule has 4 nitrogen and oxygen atoms in total. The quantitative estimate of drug-likeness (QED) is 0.819. The number of rotatable bonds is 4. The van der Waals surface area contributed by atoms with Crippen LogP contribution in [0.5, 0.6) is 0 Å². The van der Waals surface area contributed by atoms with Crippen LogP contribution in [0.15, 0.2) is 28.7 Å². The Morgan fingerprint density at radius 3 is 2.75 bits per heavy atom. The van der Waals surface area contributed by atoms with E-state index >= 15 is 0 Å². The van der Waals surface area contributed by atoms with Crippen LogP contribution in [0.25, 0.3) is 0 Å². The fraction of sp³-hybridized carbons (Fsp3) is 0.364. The first kappa shape index (κ1) is 13.2. The van der Waals surface area contributed by atoms with Gasteiger partial charge in [-0.3, -0.25) is 4.79 Å². The smallest absolute Gasteiger partial charge is 0.314 e. The monoisotopic (exact) mass is 288 g/mol. The Labute approximate surface area is 102 Å². The normalized spacial score (nSPS) is 14.2. The van der Waals surface area contributed by atoms with Gasteiger partial charge in [-0.05, 0) is 17.7 Å². The van der Waals surface area contributed by atoms with E-state index in [-0.39, 0.29) is 0 Å². The zero-order valence-electron chi connectivity index (χ0n) is 8.76. The SMILES string of the molecule is COC(=O)C(CO)C(O)c1cccc(Br)c1. The Balaban J connectivity index is 2.90. The Bertz CT molecular complexity index is 367. The number of aliphatic hydroxyl groups excluding tert-OH is 2. The van der Waals surface area contributed by atoms with Gasteiger partial charge in [-0.2, -0.15) is 0 Å². The van der Waals surface area contributed by atoms with Gasteiger partial charge in [0.25, 0.3) is 0 Å². The fourth-order valence-electron chi connectivity index (χ4n) is 1.38. The number of benzene rings is 1. The van der Waals surface area contributed by atoms with E-state index in [1.54, 1.807) is 18.2 Å². The number of methoxy groups -OCH3 is 1. The largest absolute Gasteiger partial charge is 0.469 e. The molecule has 0 spiro atoms. The van der Waals surface area contributed by atoms with E-state index in [0.717, 1.165) is 4.47 Å². The van der Waals surface area contributed by atoms with Gasteiger partial charge in [0.15, 0.2) is 0 Å². The van der Waals surface area contributed by atoms with E-state index < -0.39 is 24.6 Å². The molecule has 0 saturated heterocycles. The minimum atomic E-state index is -1.07. The number of carbonyl (C=O) groups excluding carboxylic acids is 1. The molecule has 88 valence electrons. The molecule has 0 aromatic heterocycles. The van der Waals surface area contributed by atoms with Crippen LogP contribution in [-0.4, -0.2) is 29.9 Å². The molecule has 2 atom stereocenters. The predicted molar refractivity (Wildman–Crippen MR) is 61.7 cm³/mol. The summed E-state index contributed by atoms with van der Waals surface area (Å²) < 4.78 is 5.30. The van der Waals surface area contributed by atoms with Gasteiger partial charge in [0.1, 0.15) is 5.92 Å². The summed E-state index contributed by atoms with van der Waals surface area (Å²) in [6.45, 7) is -0.458. The van der Waals surface area contributed by atoms with E-state index in [1.165, 1.54) is 7.11 Å². The van der Waals surface area contributed by atoms with Crippen molar-refractivity contribution in [3.8, 4) is 0 Å². The summed E-state index contributed by atoms with van der Waals surface area (Å²) in [5.41, 5.74) is 0.554. The molecule has 0 saturated carbocycles. The highest BCUT2D eigenvalue weighted by atomic mass is 79.9. The molecule has 0 aliphatic rings. The minimum absolute atomic E-state index is 0.458. The van der Waals surface area contributed by atoms with E-state index in [4.69, 9.17) is 5.11 Å². The van der Waals surface area contributed by atoms with Gasteiger partial charge >= 0.3 is 5.97 Å². The van der Waals surface area contributed by atoms with Crippen LogP contribution in [0.3, 0.4) is 0 Å². The number of hydrogen-bond acceptors (Lipinski definition) is 4. The summed E-state index contributed by atoms with van der Waals surface area (Å²) in [6, 6.07) is 6.92. The second-order valence-corrected chi connectivity index (χ2v) is 4.23. The van der Waals surface area contributed by atoms with Crippen molar-refractivity contribution >= 4 is 21.9 Å². The molecule has 0 heterocycles. The van der Waals surface area contributed by atoms with Crippen LogP contribution in [0.2, 0.25) is 0 Å². The third-order valence-corrected chi connectivity index (χ3v) is 2.77. The first-order valence-corrected chi connectivity index (χ1v) is 5.51.